The maximum absolute atomic E-state index is 12.5. The van der Waals surface area contributed by atoms with Crippen molar-refractivity contribution in [2.75, 3.05) is 31.1 Å². The predicted octanol–water partition coefficient (Wildman–Crippen LogP) is 0.940. The minimum Gasteiger partial charge on any atom is -0.477 e. The maximum atomic E-state index is 12.5. The number of ether oxygens (including phenoxy) is 1. The highest BCUT2D eigenvalue weighted by Crippen LogP contribution is 2.32. The monoisotopic (exact) mass is 315 g/mol. The van der Waals surface area contributed by atoms with Crippen LogP contribution in [0, 0.1) is 0 Å². The number of anilines is 1. The summed E-state index contributed by atoms with van der Waals surface area (Å²) in [4.78, 5) is 27.4. The highest BCUT2D eigenvalue weighted by Gasteiger charge is 2.30. The topological polar surface area (TPSA) is 75.9 Å². The summed E-state index contributed by atoms with van der Waals surface area (Å²) in [6, 6.07) is 7.28. The van der Waals surface area contributed by atoms with E-state index in [-0.39, 0.29) is 19.0 Å². The van der Waals surface area contributed by atoms with E-state index in [1.807, 2.05) is 23.1 Å². The molecule has 0 radical (unpaired) electrons. The maximum Gasteiger partial charge on any atom is 0.260 e. The minimum absolute atomic E-state index is 0.0790. The van der Waals surface area contributed by atoms with Gasteiger partial charge in [-0.1, -0.05) is 24.3 Å². The second-order valence-corrected chi connectivity index (χ2v) is 5.23. The molecule has 0 saturated carbocycles. The second kappa shape index (κ2) is 7.49. The van der Waals surface area contributed by atoms with Crippen LogP contribution in [-0.2, 0) is 9.59 Å². The first kappa shape index (κ1) is 16.6. The molecule has 2 amide bonds. The van der Waals surface area contributed by atoms with Crippen LogP contribution in [0.4, 0.5) is 5.69 Å². The molecule has 6 nitrogen and oxygen atoms in total. The molecule has 1 atom stereocenters. The molecule has 1 aromatic carbocycles. The average molecular weight is 315 g/mol. The zero-order chi connectivity index (χ0) is 16.8. The van der Waals surface area contributed by atoms with Crippen molar-refractivity contribution < 1.29 is 14.3 Å². The minimum atomic E-state index is -0.773. The molecule has 1 heterocycles. The van der Waals surface area contributed by atoms with Crippen LogP contribution in [0.1, 0.15) is 0 Å². The summed E-state index contributed by atoms with van der Waals surface area (Å²) in [6.45, 7) is 8.58. The third kappa shape index (κ3) is 3.91. The van der Waals surface area contributed by atoms with Crippen molar-refractivity contribution in [2.24, 2.45) is 5.73 Å². The van der Waals surface area contributed by atoms with E-state index in [1.54, 1.807) is 23.1 Å². The standard InChI is InChI=1S/C17H21N3O3/c1-3-9-19(10-4-2)16(21)12-20-11-15(17(18)22)23-14-8-6-5-7-13(14)20/h3-8,15H,1-2,9-12H2,(H2,18,22). The van der Waals surface area contributed by atoms with Crippen LogP contribution in [0.2, 0.25) is 0 Å². The molecule has 0 saturated heterocycles. The molecule has 0 spiro atoms. The van der Waals surface area contributed by atoms with E-state index in [0.29, 0.717) is 18.8 Å². The van der Waals surface area contributed by atoms with E-state index >= 15 is 0 Å². The normalized spacial score (nSPS) is 16.0. The molecule has 0 aliphatic carbocycles. The zero-order valence-corrected chi connectivity index (χ0v) is 13.0. The van der Waals surface area contributed by atoms with Crippen molar-refractivity contribution in [3.63, 3.8) is 0 Å². The fourth-order valence-corrected chi connectivity index (χ4v) is 2.46. The number of amides is 2. The molecule has 1 aliphatic heterocycles. The molecule has 0 bridgehead atoms. The Morgan fingerprint density at radius 1 is 1.30 bits per heavy atom. The van der Waals surface area contributed by atoms with Crippen LogP contribution in [0.5, 0.6) is 5.75 Å². The summed E-state index contributed by atoms with van der Waals surface area (Å²) in [6.07, 6.45) is 2.56. The molecule has 2 rings (SSSR count). The van der Waals surface area contributed by atoms with Gasteiger partial charge in [-0.05, 0) is 12.1 Å². The van der Waals surface area contributed by atoms with E-state index in [0.717, 1.165) is 5.69 Å². The second-order valence-electron chi connectivity index (χ2n) is 5.23. The number of nitrogens with two attached hydrogens (primary N) is 1. The number of fused-ring (bicyclic) bond motifs is 1. The number of benzene rings is 1. The summed E-state index contributed by atoms with van der Waals surface area (Å²) in [5.41, 5.74) is 6.13. The molecule has 1 unspecified atom stereocenters. The van der Waals surface area contributed by atoms with Gasteiger partial charge in [0.1, 0.15) is 5.75 Å². The molecule has 1 aromatic rings. The van der Waals surface area contributed by atoms with E-state index in [2.05, 4.69) is 13.2 Å². The van der Waals surface area contributed by atoms with Gasteiger partial charge in [0, 0.05) is 13.1 Å². The van der Waals surface area contributed by atoms with Crippen LogP contribution in [0.3, 0.4) is 0 Å². The van der Waals surface area contributed by atoms with Crippen molar-refractivity contribution in [1.29, 1.82) is 0 Å². The van der Waals surface area contributed by atoms with E-state index in [1.165, 1.54) is 0 Å². The van der Waals surface area contributed by atoms with Gasteiger partial charge >= 0.3 is 0 Å². The Hall–Kier alpha value is -2.76. The lowest BCUT2D eigenvalue weighted by Gasteiger charge is -2.35. The predicted molar refractivity (Wildman–Crippen MR) is 89.2 cm³/mol. The fraction of sp³-hybridized carbons (Fsp3) is 0.294. The van der Waals surface area contributed by atoms with E-state index in [9.17, 15) is 9.59 Å². The number of rotatable bonds is 7. The third-order valence-corrected chi connectivity index (χ3v) is 3.56. The number of hydrogen-bond donors (Lipinski definition) is 1. The fourth-order valence-electron chi connectivity index (χ4n) is 2.46. The number of hydrogen-bond acceptors (Lipinski definition) is 4. The Morgan fingerprint density at radius 2 is 1.96 bits per heavy atom. The third-order valence-electron chi connectivity index (χ3n) is 3.56. The van der Waals surface area contributed by atoms with Crippen LogP contribution >= 0.6 is 0 Å². The highest BCUT2D eigenvalue weighted by atomic mass is 16.5. The Bertz CT molecular complexity index is 605. The van der Waals surface area contributed by atoms with Gasteiger partial charge < -0.3 is 20.3 Å². The molecule has 23 heavy (non-hydrogen) atoms. The quantitative estimate of drug-likeness (QED) is 0.760. The van der Waals surface area contributed by atoms with Crippen LogP contribution in [0.25, 0.3) is 0 Å². The van der Waals surface area contributed by atoms with Crippen molar-refractivity contribution >= 4 is 17.5 Å². The Balaban J connectivity index is 2.20. The lowest BCUT2D eigenvalue weighted by molar-refractivity contribution is -0.129. The van der Waals surface area contributed by atoms with Gasteiger partial charge in [-0.3, -0.25) is 9.59 Å². The summed E-state index contributed by atoms with van der Waals surface area (Å²) in [7, 11) is 0. The summed E-state index contributed by atoms with van der Waals surface area (Å²) in [5, 5.41) is 0. The first-order valence-electron chi connectivity index (χ1n) is 7.36. The van der Waals surface area contributed by atoms with Crippen LogP contribution < -0.4 is 15.4 Å². The molecular weight excluding hydrogens is 294 g/mol. The summed E-state index contributed by atoms with van der Waals surface area (Å²) < 4.78 is 5.59. The number of para-hydroxylation sites is 2. The molecular formula is C17H21N3O3. The van der Waals surface area contributed by atoms with Gasteiger partial charge in [-0.25, -0.2) is 0 Å². The van der Waals surface area contributed by atoms with Gasteiger partial charge in [-0.2, -0.15) is 0 Å². The van der Waals surface area contributed by atoms with Crippen molar-refractivity contribution in [3.8, 4) is 5.75 Å². The number of primary amides is 1. The number of carbonyl (C=O) groups is 2. The van der Waals surface area contributed by atoms with Gasteiger partial charge in [0.15, 0.2) is 6.10 Å². The van der Waals surface area contributed by atoms with E-state index in [4.69, 9.17) is 10.5 Å². The van der Waals surface area contributed by atoms with Crippen molar-refractivity contribution in [3.05, 3.63) is 49.6 Å². The summed E-state index contributed by atoms with van der Waals surface area (Å²) in [5.74, 6) is -0.0787. The number of carbonyl (C=O) groups excluding carboxylic acids is 2. The smallest absolute Gasteiger partial charge is 0.260 e. The average Bonchev–Trinajstić information content (AvgIpc) is 2.54. The molecule has 0 aromatic heterocycles. The van der Waals surface area contributed by atoms with Gasteiger partial charge in [0.2, 0.25) is 5.91 Å². The van der Waals surface area contributed by atoms with E-state index < -0.39 is 12.0 Å². The molecule has 0 fully saturated rings. The first-order valence-corrected chi connectivity index (χ1v) is 7.36. The largest absolute Gasteiger partial charge is 0.477 e. The highest BCUT2D eigenvalue weighted by molar-refractivity contribution is 5.85. The van der Waals surface area contributed by atoms with Crippen LogP contribution in [-0.4, -0.2) is 49.0 Å². The lowest BCUT2D eigenvalue weighted by Crippen LogP contribution is -2.50. The zero-order valence-electron chi connectivity index (χ0n) is 13.0. The molecule has 2 N–H and O–H groups in total. The molecule has 6 heteroatoms. The van der Waals surface area contributed by atoms with Crippen molar-refractivity contribution in [1.82, 2.24) is 4.90 Å². The van der Waals surface area contributed by atoms with Gasteiger partial charge in [0.05, 0.1) is 18.8 Å². The Morgan fingerprint density at radius 3 is 2.57 bits per heavy atom. The van der Waals surface area contributed by atoms with Crippen molar-refractivity contribution in [2.45, 2.75) is 6.10 Å². The Kier molecular flexibility index (Phi) is 5.41. The molecule has 1 aliphatic rings. The number of nitrogens with zero attached hydrogens (tertiary/aromatic N) is 2. The SMILES string of the molecule is C=CCN(CC=C)C(=O)CN1CC(C(N)=O)Oc2ccccc21. The summed E-state index contributed by atoms with van der Waals surface area (Å²) >= 11 is 0. The van der Waals surface area contributed by atoms with Gasteiger partial charge in [0.25, 0.3) is 5.91 Å². The Labute approximate surface area is 135 Å². The van der Waals surface area contributed by atoms with Gasteiger partial charge in [-0.15, -0.1) is 13.2 Å². The van der Waals surface area contributed by atoms with Crippen LogP contribution in [0.15, 0.2) is 49.6 Å². The molecule has 122 valence electrons. The first-order chi connectivity index (χ1) is 11.1. The lowest BCUT2D eigenvalue weighted by atomic mass is 10.1.